The molecule has 262 valence electrons. The average Bonchev–Trinajstić information content (AvgIpc) is 2.94. The molecule has 0 aromatic rings. The molecule has 0 unspecified atom stereocenters. The highest BCUT2D eigenvalue weighted by molar-refractivity contribution is 5.96. The number of aliphatic hydroxyl groups excluding tert-OH is 1. The molecular formula is C29H52N8O9. The summed E-state index contributed by atoms with van der Waals surface area (Å²) in [6.07, 6.45) is -1.11. The van der Waals surface area contributed by atoms with Gasteiger partial charge in [-0.15, -0.1) is 0 Å². The van der Waals surface area contributed by atoms with Crippen LogP contribution in [0.1, 0.15) is 80.1 Å². The van der Waals surface area contributed by atoms with Crippen molar-refractivity contribution in [1.82, 2.24) is 26.6 Å². The van der Waals surface area contributed by atoms with Crippen molar-refractivity contribution in [2.24, 2.45) is 29.0 Å². The van der Waals surface area contributed by atoms with Gasteiger partial charge in [-0.2, -0.15) is 0 Å². The van der Waals surface area contributed by atoms with Gasteiger partial charge in [0.25, 0.3) is 0 Å². The fourth-order valence-electron chi connectivity index (χ4n) is 4.19. The van der Waals surface area contributed by atoms with Crippen molar-refractivity contribution >= 4 is 47.6 Å². The summed E-state index contributed by atoms with van der Waals surface area (Å²) >= 11 is 0. The lowest BCUT2D eigenvalue weighted by atomic mass is 10.00. The van der Waals surface area contributed by atoms with Gasteiger partial charge >= 0.3 is 0 Å². The van der Waals surface area contributed by atoms with Gasteiger partial charge in [0.1, 0.15) is 36.5 Å². The van der Waals surface area contributed by atoms with Crippen LogP contribution < -0.4 is 43.8 Å². The van der Waals surface area contributed by atoms with Crippen molar-refractivity contribution in [1.29, 1.82) is 0 Å². The Morgan fingerprint density at radius 1 is 0.609 bits per heavy atom. The zero-order chi connectivity index (χ0) is 35.7. The lowest BCUT2D eigenvalue weighted by molar-refractivity contribution is -0.135. The molecule has 17 heteroatoms. The summed E-state index contributed by atoms with van der Waals surface area (Å²) in [4.78, 5) is 99.1. The molecule has 0 aromatic heterocycles. The van der Waals surface area contributed by atoms with E-state index in [1.165, 1.54) is 13.8 Å². The minimum absolute atomic E-state index is 0.0529. The average molecular weight is 657 g/mol. The number of amides is 7. The predicted molar refractivity (Wildman–Crippen MR) is 167 cm³/mol. The smallest absolute Gasteiger partial charge is 0.243 e. The normalized spacial score (nSPS) is 15.7. The molecule has 0 bridgehead atoms. The fraction of sp³-hybridized carbons (Fsp3) is 0.724. The third-order valence-corrected chi connectivity index (χ3v) is 6.76. The zero-order valence-electron chi connectivity index (χ0n) is 27.5. The van der Waals surface area contributed by atoms with Crippen molar-refractivity contribution < 1.29 is 43.5 Å². The number of nitrogens with two attached hydrogens (primary N) is 3. The van der Waals surface area contributed by atoms with Gasteiger partial charge in [-0.05, 0) is 51.4 Å². The second-order valence-corrected chi connectivity index (χ2v) is 12.2. The molecule has 0 saturated heterocycles. The van der Waals surface area contributed by atoms with E-state index in [1.807, 2.05) is 27.7 Å². The van der Waals surface area contributed by atoms with E-state index >= 15 is 0 Å². The van der Waals surface area contributed by atoms with E-state index in [9.17, 15) is 43.5 Å². The van der Waals surface area contributed by atoms with Gasteiger partial charge in [0.2, 0.25) is 41.4 Å². The second-order valence-electron chi connectivity index (χ2n) is 12.2. The highest BCUT2D eigenvalue weighted by Gasteiger charge is 2.32. The first-order chi connectivity index (χ1) is 21.3. The Kier molecular flexibility index (Phi) is 19.0. The van der Waals surface area contributed by atoms with Crippen molar-refractivity contribution in [2.45, 2.75) is 122 Å². The minimum atomic E-state index is -1.38. The number of primary amides is 2. The van der Waals surface area contributed by atoms with Gasteiger partial charge in [-0.25, -0.2) is 0 Å². The Morgan fingerprint density at radius 3 is 1.43 bits per heavy atom. The SMILES string of the molecule is CC(C)C[C@@H](C=O)NC(=O)[C@H](CC(C)C)NC(=O)[C@H](CCC(N)=O)NC(=O)[C@H](C)NC(=O)[C@H](CCC(N)=O)NC(=O)[C@@H](N)[C@@H](C)O. The number of carbonyl (C=O) groups is 8. The summed E-state index contributed by atoms with van der Waals surface area (Å²) < 4.78 is 0. The number of hydrogen-bond donors (Lipinski definition) is 9. The van der Waals surface area contributed by atoms with Crippen molar-refractivity contribution in [2.75, 3.05) is 0 Å². The van der Waals surface area contributed by atoms with Crippen LogP contribution in [-0.2, 0) is 38.4 Å². The summed E-state index contributed by atoms with van der Waals surface area (Å²) in [5.41, 5.74) is 16.0. The maximum absolute atomic E-state index is 13.3. The molecule has 0 saturated carbocycles. The maximum atomic E-state index is 13.3. The van der Waals surface area contributed by atoms with Gasteiger partial charge < -0.3 is 53.7 Å². The van der Waals surface area contributed by atoms with Crippen LogP contribution in [0.4, 0.5) is 0 Å². The predicted octanol–water partition coefficient (Wildman–Crippen LogP) is -3.04. The summed E-state index contributed by atoms with van der Waals surface area (Å²) in [6, 6.07) is -7.23. The van der Waals surface area contributed by atoms with Crippen LogP contribution in [0.25, 0.3) is 0 Å². The summed E-state index contributed by atoms with van der Waals surface area (Å²) in [6.45, 7) is 9.98. The van der Waals surface area contributed by atoms with Gasteiger partial charge in [0.15, 0.2) is 0 Å². The molecule has 0 aromatic carbocycles. The number of carbonyl (C=O) groups excluding carboxylic acids is 8. The molecule has 0 fully saturated rings. The number of rotatable bonds is 22. The first-order valence-electron chi connectivity index (χ1n) is 15.3. The van der Waals surface area contributed by atoms with Gasteiger partial charge in [0, 0.05) is 12.8 Å². The first kappa shape index (κ1) is 41.9. The van der Waals surface area contributed by atoms with Crippen molar-refractivity contribution in [3.05, 3.63) is 0 Å². The van der Waals surface area contributed by atoms with Crippen LogP contribution in [0.15, 0.2) is 0 Å². The molecule has 0 heterocycles. The largest absolute Gasteiger partial charge is 0.391 e. The molecule has 0 radical (unpaired) electrons. The highest BCUT2D eigenvalue weighted by atomic mass is 16.3. The van der Waals surface area contributed by atoms with E-state index in [0.29, 0.717) is 12.7 Å². The Labute approximate surface area is 269 Å². The molecule has 0 rings (SSSR count). The fourth-order valence-corrected chi connectivity index (χ4v) is 4.19. The number of aldehydes is 1. The summed E-state index contributed by atoms with van der Waals surface area (Å²) in [7, 11) is 0. The molecule has 17 nitrogen and oxygen atoms in total. The standard InChI is InChI=1S/C29H52N8O9/c1-14(2)11-18(13-38)34-28(45)21(12-15(3)4)37-27(44)20(8-10-23(31)41)35-25(42)16(5)33-26(43)19(7-9-22(30)40)36-29(46)24(32)17(6)39/h13-21,24,39H,7-12,32H2,1-6H3,(H2,30,40)(H2,31,41)(H,33,43)(H,34,45)(H,35,42)(H,36,46)(H,37,44)/t16-,17+,18-,19-,20-,21-,24-/m0/s1. The Hall–Kier alpha value is -4.12. The lowest BCUT2D eigenvalue weighted by Crippen LogP contribution is -2.59. The van der Waals surface area contributed by atoms with Gasteiger partial charge in [-0.3, -0.25) is 33.6 Å². The quantitative estimate of drug-likeness (QED) is 0.0531. The minimum Gasteiger partial charge on any atom is -0.391 e. The van der Waals surface area contributed by atoms with Gasteiger partial charge in [0.05, 0.1) is 12.1 Å². The zero-order valence-corrected chi connectivity index (χ0v) is 27.5. The number of hydrogen-bond acceptors (Lipinski definition) is 10. The second kappa shape index (κ2) is 20.8. The van der Waals surface area contributed by atoms with Gasteiger partial charge in [-0.1, -0.05) is 27.7 Å². The number of nitrogens with one attached hydrogen (secondary N) is 5. The summed E-state index contributed by atoms with van der Waals surface area (Å²) in [5, 5.41) is 21.9. The van der Waals surface area contributed by atoms with E-state index < -0.39 is 83.7 Å². The monoisotopic (exact) mass is 656 g/mol. The van der Waals surface area contributed by atoms with E-state index in [0.717, 1.165) is 0 Å². The highest BCUT2D eigenvalue weighted by Crippen LogP contribution is 2.09. The summed E-state index contributed by atoms with van der Waals surface area (Å²) in [5.74, 6) is -5.48. The van der Waals surface area contributed by atoms with Crippen LogP contribution in [0.5, 0.6) is 0 Å². The Balaban J connectivity index is 5.82. The topological polar surface area (TPSA) is 295 Å². The van der Waals surface area contributed by atoms with E-state index in [2.05, 4.69) is 26.6 Å². The third kappa shape index (κ3) is 16.8. The van der Waals surface area contributed by atoms with Crippen LogP contribution >= 0.6 is 0 Å². The molecule has 7 atom stereocenters. The molecule has 7 amide bonds. The van der Waals surface area contributed by atoms with Crippen LogP contribution in [0.3, 0.4) is 0 Å². The van der Waals surface area contributed by atoms with E-state index in [4.69, 9.17) is 17.2 Å². The third-order valence-electron chi connectivity index (χ3n) is 6.76. The van der Waals surface area contributed by atoms with Crippen LogP contribution in [-0.4, -0.2) is 95.1 Å². The Bertz CT molecular complexity index is 1080. The van der Waals surface area contributed by atoms with Crippen LogP contribution in [0.2, 0.25) is 0 Å². The first-order valence-corrected chi connectivity index (χ1v) is 15.3. The van der Waals surface area contributed by atoms with Crippen molar-refractivity contribution in [3.63, 3.8) is 0 Å². The number of aliphatic hydroxyl groups is 1. The molecule has 12 N–H and O–H groups in total. The molecule has 0 aliphatic rings. The molecular weight excluding hydrogens is 604 g/mol. The lowest BCUT2D eigenvalue weighted by Gasteiger charge is -2.27. The molecule has 0 aliphatic heterocycles. The Morgan fingerprint density at radius 2 is 1.02 bits per heavy atom. The molecule has 46 heavy (non-hydrogen) atoms. The van der Waals surface area contributed by atoms with E-state index in [1.54, 1.807) is 0 Å². The molecule has 0 aliphatic carbocycles. The molecule has 0 spiro atoms. The van der Waals surface area contributed by atoms with Crippen LogP contribution in [0, 0.1) is 11.8 Å². The van der Waals surface area contributed by atoms with E-state index in [-0.39, 0.29) is 43.9 Å². The van der Waals surface area contributed by atoms with Crippen molar-refractivity contribution in [3.8, 4) is 0 Å². The maximum Gasteiger partial charge on any atom is 0.243 e.